The molecule has 0 bridgehead atoms. The molecule has 0 aromatic carbocycles. The van der Waals surface area contributed by atoms with E-state index in [9.17, 15) is 0 Å². The molecule has 120 valence electrons. The normalized spacial score (nSPS) is 23.7. The molecule has 3 heteroatoms. The van der Waals surface area contributed by atoms with E-state index in [1.54, 1.807) is 0 Å². The molecule has 0 aromatic rings. The van der Waals surface area contributed by atoms with Gasteiger partial charge in [-0.3, -0.25) is 0 Å². The summed E-state index contributed by atoms with van der Waals surface area (Å²) in [6.07, 6.45) is 11.0. The fourth-order valence-corrected chi connectivity index (χ4v) is 3.41. The minimum atomic E-state index is 0.645. The third kappa shape index (κ3) is 6.55. The maximum absolute atomic E-state index is 3.58. The van der Waals surface area contributed by atoms with E-state index in [0.29, 0.717) is 12.1 Å². The smallest absolute Gasteiger partial charge is 0.0373 e. The van der Waals surface area contributed by atoms with E-state index < -0.39 is 0 Å². The van der Waals surface area contributed by atoms with Gasteiger partial charge in [0.25, 0.3) is 0 Å². The van der Waals surface area contributed by atoms with Crippen LogP contribution >= 0.6 is 0 Å². The number of rotatable bonds is 9. The highest BCUT2D eigenvalue weighted by Gasteiger charge is 2.26. The molecule has 1 aliphatic heterocycles. The quantitative estimate of drug-likeness (QED) is 0.656. The summed E-state index contributed by atoms with van der Waals surface area (Å²) in [6.45, 7) is 5.98. The first-order valence-corrected chi connectivity index (χ1v) is 8.75. The van der Waals surface area contributed by atoms with Gasteiger partial charge in [0.05, 0.1) is 0 Å². The summed E-state index contributed by atoms with van der Waals surface area (Å²) in [7, 11) is 6.71. The first-order chi connectivity index (χ1) is 9.69. The van der Waals surface area contributed by atoms with Gasteiger partial charge in [-0.2, -0.15) is 0 Å². The Kier molecular flexibility index (Phi) is 9.49. The second-order valence-electron chi connectivity index (χ2n) is 6.62. The van der Waals surface area contributed by atoms with Crippen molar-refractivity contribution in [1.82, 2.24) is 15.1 Å². The Morgan fingerprint density at radius 3 is 2.45 bits per heavy atom. The highest BCUT2D eigenvalue weighted by atomic mass is 15.2. The summed E-state index contributed by atoms with van der Waals surface area (Å²) >= 11 is 0. The van der Waals surface area contributed by atoms with Crippen molar-refractivity contribution in [2.24, 2.45) is 0 Å². The van der Waals surface area contributed by atoms with Gasteiger partial charge >= 0.3 is 0 Å². The highest BCUT2D eigenvalue weighted by molar-refractivity contribution is 4.86. The van der Waals surface area contributed by atoms with Crippen molar-refractivity contribution in [3.63, 3.8) is 0 Å². The standard InChI is InChI=1S/C17H37N3/c1-5-6-7-8-9-10-12-16(18-2)17-15-19(3)13-11-14-20(17)4/h16-18H,5-15H2,1-4H3. The zero-order valence-corrected chi connectivity index (χ0v) is 14.3. The largest absolute Gasteiger partial charge is 0.315 e. The summed E-state index contributed by atoms with van der Waals surface area (Å²) < 4.78 is 0. The van der Waals surface area contributed by atoms with Crippen LogP contribution < -0.4 is 5.32 Å². The van der Waals surface area contributed by atoms with E-state index in [2.05, 4.69) is 43.2 Å². The maximum Gasteiger partial charge on any atom is 0.0373 e. The minimum Gasteiger partial charge on any atom is -0.315 e. The van der Waals surface area contributed by atoms with Crippen molar-refractivity contribution in [3.05, 3.63) is 0 Å². The van der Waals surface area contributed by atoms with Gasteiger partial charge in [-0.05, 0) is 47.1 Å². The summed E-state index contributed by atoms with van der Waals surface area (Å²) in [5.41, 5.74) is 0. The fourth-order valence-electron chi connectivity index (χ4n) is 3.41. The lowest BCUT2D eigenvalue weighted by molar-refractivity contribution is 0.175. The van der Waals surface area contributed by atoms with Gasteiger partial charge in [0.1, 0.15) is 0 Å². The highest BCUT2D eigenvalue weighted by Crippen LogP contribution is 2.16. The predicted molar refractivity (Wildman–Crippen MR) is 89.4 cm³/mol. The number of unbranched alkanes of at least 4 members (excludes halogenated alkanes) is 5. The number of nitrogens with one attached hydrogen (secondary N) is 1. The van der Waals surface area contributed by atoms with E-state index >= 15 is 0 Å². The first kappa shape index (κ1) is 17.9. The molecule has 3 nitrogen and oxygen atoms in total. The Hall–Kier alpha value is -0.120. The molecule has 1 N–H and O–H groups in total. The van der Waals surface area contributed by atoms with Crippen molar-refractivity contribution in [3.8, 4) is 0 Å². The van der Waals surface area contributed by atoms with Gasteiger partial charge in [-0.1, -0.05) is 45.4 Å². The van der Waals surface area contributed by atoms with Crippen LogP contribution in [-0.2, 0) is 0 Å². The van der Waals surface area contributed by atoms with Crippen LogP contribution in [0.3, 0.4) is 0 Å². The molecule has 1 aliphatic rings. The number of likely N-dealkylation sites (N-methyl/N-ethyl adjacent to an activating group) is 3. The van der Waals surface area contributed by atoms with Crippen LogP contribution in [0, 0.1) is 0 Å². The lowest BCUT2D eigenvalue weighted by atomic mass is 9.99. The Morgan fingerprint density at radius 2 is 1.75 bits per heavy atom. The van der Waals surface area contributed by atoms with Crippen LogP contribution in [0.5, 0.6) is 0 Å². The van der Waals surface area contributed by atoms with Gasteiger partial charge in [0.2, 0.25) is 0 Å². The molecule has 0 amide bonds. The van der Waals surface area contributed by atoms with E-state index in [0.717, 1.165) is 0 Å². The molecule has 1 saturated heterocycles. The monoisotopic (exact) mass is 283 g/mol. The number of hydrogen-bond donors (Lipinski definition) is 1. The van der Waals surface area contributed by atoms with E-state index in [4.69, 9.17) is 0 Å². The summed E-state index contributed by atoms with van der Waals surface area (Å²) in [6, 6.07) is 1.31. The summed E-state index contributed by atoms with van der Waals surface area (Å²) in [5.74, 6) is 0. The summed E-state index contributed by atoms with van der Waals surface area (Å²) in [5, 5.41) is 3.58. The van der Waals surface area contributed by atoms with Crippen LogP contribution in [0.2, 0.25) is 0 Å². The molecule has 2 unspecified atom stereocenters. The van der Waals surface area contributed by atoms with Gasteiger partial charge in [-0.25, -0.2) is 0 Å². The minimum absolute atomic E-state index is 0.645. The zero-order valence-electron chi connectivity index (χ0n) is 14.3. The third-order valence-electron chi connectivity index (χ3n) is 4.82. The molecule has 2 atom stereocenters. The molecular weight excluding hydrogens is 246 g/mol. The van der Waals surface area contributed by atoms with Crippen molar-refractivity contribution in [1.29, 1.82) is 0 Å². The van der Waals surface area contributed by atoms with Crippen molar-refractivity contribution >= 4 is 0 Å². The average molecular weight is 284 g/mol. The van der Waals surface area contributed by atoms with Gasteiger partial charge in [0, 0.05) is 18.6 Å². The topological polar surface area (TPSA) is 18.5 Å². The van der Waals surface area contributed by atoms with Gasteiger partial charge in [-0.15, -0.1) is 0 Å². The molecular formula is C17H37N3. The van der Waals surface area contributed by atoms with Gasteiger partial charge in [0.15, 0.2) is 0 Å². The molecule has 0 radical (unpaired) electrons. The van der Waals surface area contributed by atoms with Crippen LogP contribution in [-0.4, -0.2) is 62.7 Å². The van der Waals surface area contributed by atoms with Crippen LogP contribution in [0.4, 0.5) is 0 Å². The van der Waals surface area contributed by atoms with Crippen molar-refractivity contribution in [2.45, 2.75) is 70.4 Å². The first-order valence-electron chi connectivity index (χ1n) is 8.75. The molecule has 1 rings (SSSR count). The molecule has 0 spiro atoms. The summed E-state index contributed by atoms with van der Waals surface area (Å²) in [4.78, 5) is 5.07. The Labute approximate surface area is 127 Å². The van der Waals surface area contributed by atoms with Crippen molar-refractivity contribution in [2.75, 3.05) is 40.8 Å². The van der Waals surface area contributed by atoms with Crippen LogP contribution in [0.15, 0.2) is 0 Å². The SMILES string of the molecule is CCCCCCCCC(NC)C1CN(C)CCCN1C. The molecule has 20 heavy (non-hydrogen) atoms. The molecule has 1 heterocycles. The maximum atomic E-state index is 3.58. The molecule has 0 saturated carbocycles. The second-order valence-corrected chi connectivity index (χ2v) is 6.62. The van der Waals surface area contributed by atoms with E-state index in [1.807, 2.05) is 0 Å². The van der Waals surface area contributed by atoms with E-state index in [1.165, 1.54) is 71.0 Å². The Balaban J connectivity index is 2.31. The van der Waals surface area contributed by atoms with E-state index in [-0.39, 0.29) is 0 Å². The molecule has 0 aromatic heterocycles. The predicted octanol–water partition coefficient (Wildman–Crippen LogP) is 2.96. The fraction of sp³-hybridized carbons (Fsp3) is 1.00. The average Bonchev–Trinajstić information content (AvgIpc) is 2.60. The molecule has 1 fully saturated rings. The Bertz CT molecular complexity index is 232. The van der Waals surface area contributed by atoms with Gasteiger partial charge < -0.3 is 15.1 Å². The number of hydrogen-bond acceptors (Lipinski definition) is 3. The second kappa shape index (κ2) is 10.6. The zero-order chi connectivity index (χ0) is 14.8. The lowest BCUT2D eigenvalue weighted by Crippen LogP contribution is -2.51. The van der Waals surface area contributed by atoms with Crippen molar-refractivity contribution < 1.29 is 0 Å². The third-order valence-corrected chi connectivity index (χ3v) is 4.82. The number of nitrogens with zero attached hydrogens (tertiary/aromatic N) is 2. The van der Waals surface area contributed by atoms with Crippen LogP contribution in [0.1, 0.15) is 58.3 Å². The lowest BCUT2D eigenvalue weighted by Gasteiger charge is -2.34. The Morgan fingerprint density at radius 1 is 1.05 bits per heavy atom. The molecule has 0 aliphatic carbocycles. The van der Waals surface area contributed by atoms with Crippen LogP contribution in [0.25, 0.3) is 0 Å².